The highest BCUT2D eigenvalue weighted by Crippen LogP contribution is 2.14. The topological polar surface area (TPSA) is 46.4 Å². The summed E-state index contributed by atoms with van der Waals surface area (Å²) in [6.07, 6.45) is 0.498. The number of aromatic nitrogens is 1. The van der Waals surface area contributed by atoms with E-state index in [2.05, 4.69) is 16.6 Å². The van der Waals surface area contributed by atoms with E-state index in [1.54, 1.807) is 11.3 Å². The summed E-state index contributed by atoms with van der Waals surface area (Å²) in [6.45, 7) is 4.03. The number of fused-ring (bicyclic) bond motifs is 1. The molecule has 1 heterocycles. The maximum Gasteiger partial charge on any atom is 0.240 e. The van der Waals surface area contributed by atoms with Gasteiger partial charge in [0.15, 0.2) is 0 Å². The number of nitrogens with one attached hydrogen (secondary N) is 1. The minimum atomic E-state index is -0.0394. The highest BCUT2D eigenvalue weighted by Gasteiger charge is 2.04. The molecule has 0 saturated carbocycles. The number of rotatable bonds is 3. The van der Waals surface area contributed by atoms with Crippen LogP contribution < -0.4 is 10.2 Å². The number of aryl methyl sites for hydroxylation is 1. The Hall–Kier alpha value is -1.62. The summed E-state index contributed by atoms with van der Waals surface area (Å²) in [4.78, 5) is 12.3. The van der Waals surface area contributed by atoms with E-state index >= 15 is 0 Å². The van der Waals surface area contributed by atoms with Gasteiger partial charge in [-0.05, 0) is 18.1 Å². The van der Waals surface area contributed by atoms with Crippen LogP contribution in [-0.4, -0.2) is 10.5 Å². The largest absolute Gasteiger partial charge is 0.318 e. The van der Waals surface area contributed by atoms with Crippen LogP contribution in [0.5, 0.6) is 0 Å². The number of carbonyl (C=O) groups excluding carboxylic acids is 1. The van der Waals surface area contributed by atoms with Crippen molar-refractivity contribution in [2.45, 2.75) is 20.3 Å². The normalized spacial score (nSPS) is 12.3. The second-order valence-corrected chi connectivity index (χ2v) is 5.67. The van der Waals surface area contributed by atoms with Gasteiger partial charge in [0.25, 0.3) is 0 Å². The van der Waals surface area contributed by atoms with E-state index in [0.717, 1.165) is 15.0 Å². The zero-order valence-corrected chi connectivity index (χ0v) is 11.6. The number of carbonyl (C=O) groups is 1. The molecular weight excluding hydrogens is 246 g/mol. The van der Waals surface area contributed by atoms with Gasteiger partial charge >= 0.3 is 0 Å². The molecule has 0 spiro atoms. The molecule has 18 heavy (non-hydrogen) atoms. The van der Waals surface area contributed by atoms with E-state index in [0.29, 0.717) is 12.3 Å². The summed E-state index contributed by atoms with van der Waals surface area (Å²) in [5, 5.41) is 4.18. The summed E-state index contributed by atoms with van der Waals surface area (Å²) in [5.74, 6) is 0.304. The van der Waals surface area contributed by atoms with Gasteiger partial charge in [0.2, 0.25) is 10.7 Å². The minimum Gasteiger partial charge on any atom is -0.318 e. The van der Waals surface area contributed by atoms with Crippen LogP contribution in [0, 0.1) is 5.92 Å². The lowest BCUT2D eigenvalue weighted by atomic mass is 10.1. The van der Waals surface area contributed by atoms with Gasteiger partial charge in [0.05, 0.1) is 10.2 Å². The molecule has 0 bridgehead atoms. The maximum absolute atomic E-state index is 11.5. The fourth-order valence-electron chi connectivity index (χ4n) is 1.71. The van der Waals surface area contributed by atoms with Gasteiger partial charge in [-0.25, -0.2) is 5.43 Å². The van der Waals surface area contributed by atoms with Gasteiger partial charge in [-0.3, -0.25) is 4.79 Å². The third kappa shape index (κ3) is 2.79. The number of nitrogens with zero attached hydrogens (tertiary/aromatic N) is 2. The van der Waals surface area contributed by atoms with E-state index in [-0.39, 0.29) is 5.91 Å². The maximum atomic E-state index is 11.5. The molecular formula is C13H17N3OS. The highest BCUT2D eigenvalue weighted by atomic mass is 32.1. The van der Waals surface area contributed by atoms with Crippen molar-refractivity contribution in [3.8, 4) is 0 Å². The first-order chi connectivity index (χ1) is 8.58. The van der Waals surface area contributed by atoms with Crippen LogP contribution in [-0.2, 0) is 11.8 Å². The van der Waals surface area contributed by atoms with Crippen molar-refractivity contribution in [1.29, 1.82) is 0 Å². The lowest BCUT2D eigenvalue weighted by Gasteiger charge is -2.01. The Kier molecular flexibility index (Phi) is 3.81. The van der Waals surface area contributed by atoms with E-state index in [9.17, 15) is 4.79 Å². The molecule has 1 amide bonds. The van der Waals surface area contributed by atoms with Crippen LogP contribution >= 0.6 is 11.3 Å². The van der Waals surface area contributed by atoms with Crippen LogP contribution in [0.3, 0.4) is 0 Å². The molecule has 1 N–H and O–H groups in total. The number of benzene rings is 1. The lowest BCUT2D eigenvalue weighted by Crippen LogP contribution is -2.24. The fourth-order valence-corrected chi connectivity index (χ4v) is 2.69. The third-order valence-electron chi connectivity index (χ3n) is 2.58. The molecule has 5 heteroatoms. The number of amides is 1. The summed E-state index contributed by atoms with van der Waals surface area (Å²) >= 11 is 1.57. The van der Waals surface area contributed by atoms with Crippen molar-refractivity contribution >= 4 is 27.5 Å². The van der Waals surface area contributed by atoms with Crippen LogP contribution in [0.4, 0.5) is 0 Å². The molecule has 0 saturated heterocycles. The van der Waals surface area contributed by atoms with Crippen LogP contribution in [0.25, 0.3) is 10.2 Å². The van der Waals surface area contributed by atoms with Crippen molar-refractivity contribution in [2.75, 3.05) is 0 Å². The lowest BCUT2D eigenvalue weighted by molar-refractivity contribution is -0.121. The summed E-state index contributed by atoms with van der Waals surface area (Å²) in [6, 6.07) is 8.09. The van der Waals surface area contributed by atoms with Crippen molar-refractivity contribution in [3.05, 3.63) is 29.1 Å². The first-order valence-corrected chi connectivity index (χ1v) is 6.76. The van der Waals surface area contributed by atoms with E-state index in [4.69, 9.17) is 0 Å². The molecule has 2 aromatic rings. The fraction of sp³-hybridized carbons (Fsp3) is 0.385. The van der Waals surface area contributed by atoms with Crippen molar-refractivity contribution < 1.29 is 4.79 Å². The molecule has 4 nitrogen and oxygen atoms in total. The van der Waals surface area contributed by atoms with E-state index < -0.39 is 0 Å². The summed E-state index contributed by atoms with van der Waals surface area (Å²) < 4.78 is 3.15. The quantitative estimate of drug-likeness (QED) is 0.848. The zero-order chi connectivity index (χ0) is 13.1. The minimum absolute atomic E-state index is 0.0394. The number of hydrogen-bond donors (Lipinski definition) is 1. The molecule has 0 radical (unpaired) electrons. The average molecular weight is 263 g/mol. The molecule has 0 aliphatic rings. The van der Waals surface area contributed by atoms with Crippen molar-refractivity contribution in [3.63, 3.8) is 0 Å². The van der Waals surface area contributed by atoms with Gasteiger partial charge in [0.1, 0.15) is 0 Å². The summed E-state index contributed by atoms with van der Waals surface area (Å²) in [5.41, 5.74) is 3.73. The molecule has 0 aliphatic carbocycles. The van der Waals surface area contributed by atoms with Gasteiger partial charge in [-0.2, -0.15) is 0 Å². The molecule has 0 atom stereocenters. The Balaban J connectivity index is 2.25. The predicted molar refractivity (Wildman–Crippen MR) is 74.0 cm³/mol. The molecule has 2 rings (SSSR count). The van der Waals surface area contributed by atoms with Gasteiger partial charge in [-0.15, -0.1) is 5.10 Å². The van der Waals surface area contributed by atoms with E-state index in [1.807, 2.05) is 43.7 Å². The predicted octanol–water partition coefficient (Wildman–Crippen LogP) is 2.22. The Morgan fingerprint density at radius 1 is 1.44 bits per heavy atom. The van der Waals surface area contributed by atoms with Crippen molar-refractivity contribution in [2.24, 2.45) is 18.1 Å². The van der Waals surface area contributed by atoms with Gasteiger partial charge < -0.3 is 4.57 Å². The molecule has 1 aromatic heterocycles. The summed E-state index contributed by atoms with van der Waals surface area (Å²) in [7, 11) is 1.95. The van der Waals surface area contributed by atoms with E-state index in [1.165, 1.54) is 0 Å². The number of thiazole rings is 1. The molecule has 0 aliphatic heterocycles. The SMILES string of the molecule is CC(C)CC(=O)N/N=c1\sc2ccccc2n1C. The molecule has 0 unspecified atom stereocenters. The standard InChI is InChI=1S/C13H17N3OS/c1-9(2)8-12(17)14-15-13-16(3)10-6-4-5-7-11(10)18-13/h4-7,9H,8H2,1-3H3,(H,14,17)/b15-13-. The number of hydrogen-bond acceptors (Lipinski definition) is 3. The Morgan fingerprint density at radius 3 is 2.83 bits per heavy atom. The van der Waals surface area contributed by atoms with Crippen LogP contribution in [0.2, 0.25) is 0 Å². The molecule has 0 fully saturated rings. The first kappa shape index (κ1) is 12.8. The Morgan fingerprint density at radius 2 is 2.17 bits per heavy atom. The first-order valence-electron chi connectivity index (χ1n) is 5.95. The van der Waals surface area contributed by atoms with Crippen LogP contribution in [0.1, 0.15) is 20.3 Å². The second kappa shape index (κ2) is 5.35. The third-order valence-corrected chi connectivity index (χ3v) is 3.70. The highest BCUT2D eigenvalue weighted by molar-refractivity contribution is 7.16. The Labute approximate surface area is 110 Å². The van der Waals surface area contributed by atoms with Crippen molar-refractivity contribution in [1.82, 2.24) is 9.99 Å². The zero-order valence-electron chi connectivity index (χ0n) is 10.8. The smallest absolute Gasteiger partial charge is 0.240 e. The average Bonchev–Trinajstić information content (AvgIpc) is 2.64. The Bertz CT molecular complexity index is 624. The van der Waals surface area contributed by atoms with Gasteiger partial charge in [0, 0.05) is 13.5 Å². The number of para-hydroxylation sites is 1. The monoisotopic (exact) mass is 263 g/mol. The second-order valence-electron chi connectivity index (χ2n) is 4.66. The van der Waals surface area contributed by atoms with Gasteiger partial charge in [-0.1, -0.05) is 37.3 Å². The molecule has 1 aromatic carbocycles. The van der Waals surface area contributed by atoms with Crippen LogP contribution in [0.15, 0.2) is 29.4 Å². The molecule has 96 valence electrons.